The molecule has 1 atom stereocenters. The van der Waals surface area contributed by atoms with Crippen molar-refractivity contribution in [3.05, 3.63) is 54.1 Å². The van der Waals surface area contributed by atoms with Crippen LogP contribution in [0.4, 0.5) is 0 Å². The van der Waals surface area contributed by atoms with Gasteiger partial charge >= 0.3 is 0 Å². The molecule has 0 saturated heterocycles. The van der Waals surface area contributed by atoms with E-state index in [1.165, 1.54) is 0 Å². The summed E-state index contributed by atoms with van der Waals surface area (Å²) < 4.78 is 0. The molecule has 0 fully saturated rings. The smallest absolute Gasteiger partial charge is 0.125 e. The summed E-state index contributed by atoms with van der Waals surface area (Å²) in [5, 5.41) is 17.9. The monoisotopic (exact) mass is 283 g/mol. The molecule has 0 aliphatic carbocycles. The summed E-state index contributed by atoms with van der Waals surface area (Å²) >= 11 is 0. The lowest BCUT2D eigenvalue weighted by molar-refractivity contribution is 0.113. The highest BCUT2D eigenvalue weighted by molar-refractivity contribution is 5.93. The molecule has 0 amide bonds. The number of allylic oxidation sites excluding steroid dienone is 5. The Balaban J connectivity index is 2.72. The minimum Gasteiger partial charge on any atom is -0.396 e. The van der Waals surface area contributed by atoms with E-state index in [2.05, 4.69) is 36.7 Å². The van der Waals surface area contributed by atoms with Crippen molar-refractivity contribution in [3.8, 4) is 0 Å². The van der Waals surface area contributed by atoms with Gasteiger partial charge in [-0.25, -0.2) is 0 Å². The summed E-state index contributed by atoms with van der Waals surface area (Å²) in [4.78, 5) is 0.654. The second-order valence-electron chi connectivity index (χ2n) is 5.03. The van der Waals surface area contributed by atoms with Crippen molar-refractivity contribution in [1.82, 2.24) is 15.2 Å². The van der Waals surface area contributed by atoms with E-state index in [1.54, 1.807) is 6.08 Å². The molecule has 1 aromatic carbocycles. The Labute approximate surface area is 125 Å². The van der Waals surface area contributed by atoms with Crippen molar-refractivity contribution in [3.63, 3.8) is 0 Å². The summed E-state index contributed by atoms with van der Waals surface area (Å²) in [6, 6.07) is 4.11. The van der Waals surface area contributed by atoms with Crippen LogP contribution >= 0.6 is 0 Å². The Bertz CT molecular complexity index is 710. The van der Waals surface area contributed by atoms with Crippen molar-refractivity contribution in [2.75, 3.05) is 0 Å². The first kappa shape index (κ1) is 15.0. The lowest BCUT2D eigenvalue weighted by Gasteiger charge is -2.11. The molecule has 0 radical (unpaired) electrons. The Morgan fingerprint density at radius 2 is 2.10 bits per heavy atom. The molecule has 2 rings (SSSR count). The van der Waals surface area contributed by atoms with Gasteiger partial charge in [-0.2, -0.15) is 0 Å². The average molecular weight is 283 g/mol. The van der Waals surface area contributed by atoms with Gasteiger partial charge in [0.2, 0.25) is 0 Å². The van der Waals surface area contributed by atoms with Gasteiger partial charge < -0.3 is 5.21 Å². The third kappa shape index (κ3) is 2.89. The highest BCUT2D eigenvalue weighted by atomic mass is 16.5. The molecule has 1 N–H and O–H groups in total. The predicted octanol–water partition coefficient (Wildman–Crippen LogP) is 4.33. The van der Waals surface area contributed by atoms with E-state index in [9.17, 15) is 5.21 Å². The molecule has 4 nitrogen and oxygen atoms in total. The van der Waals surface area contributed by atoms with Gasteiger partial charge in [0.1, 0.15) is 11.0 Å². The molecule has 1 aromatic heterocycles. The molecule has 0 saturated carbocycles. The fourth-order valence-electron chi connectivity index (χ4n) is 2.39. The third-order valence-electron chi connectivity index (χ3n) is 3.66. The van der Waals surface area contributed by atoms with E-state index in [0.717, 1.165) is 28.6 Å². The van der Waals surface area contributed by atoms with Gasteiger partial charge in [-0.1, -0.05) is 56.9 Å². The van der Waals surface area contributed by atoms with Crippen LogP contribution in [-0.4, -0.2) is 20.4 Å². The van der Waals surface area contributed by atoms with Crippen molar-refractivity contribution in [1.29, 1.82) is 0 Å². The molecule has 0 bridgehead atoms. The molecular weight excluding hydrogens is 262 g/mol. The van der Waals surface area contributed by atoms with Crippen LogP contribution in [0.15, 0.2) is 43.0 Å². The van der Waals surface area contributed by atoms with Crippen LogP contribution in [0.25, 0.3) is 16.6 Å². The minimum absolute atomic E-state index is 0.367. The maximum absolute atomic E-state index is 9.64. The van der Waals surface area contributed by atoms with E-state index in [1.807, 2.05) is 31.2 Å². The van der Waals surface area contributed by atoms with Gasteiger partial charge in [0, 0.05) is 5.56 Å². The van der Waals surface area contributed by atoms with Crippen LogP contribution in [0, 0.1) is 0 Å². The summed E-state index contributed by atoms with van der Waals surface area (Å²) in [6.07, 6.45) is 8.64. The van der Waals surface area contributed by atoms with Crippen LogP contribution in [0.3, 0.4) is 0 Å². The fraction of sp³-hybridized carbons (Fsp3) is 0.294. The Hall–Kier alpha value is -2.36. The van der Waals surface area contributed by atoms with Gasteiger partial charge in [0.25, 0.3) is 0 Å². The largest absolute Gasteiger partial charge is 0.396 e. The number of benzene rings is 1. The van der Waals surface area contributed by atoms with Crippen LogP contribution in [-0.2, 0) is 0 Å². The van der Waals surface area contributed by atoms with Gasteiger partial charge in [-0.15, -0.1) is 10.2 Å². The predicted molar refractivity (Wildman–Crippen MR) is 86.4 cm³/mol. The highest BCUT2D eigenvalue weighted by Gasteiger charge is 2.16. The first-order chi connectivity index (χ1) is 10.1. The van der Waals surface area contributed by atoms with E-state index >= 15 is 0 Å². The second-order valence-corrected chi connectivity index (χ2v) is 5.03. The first-order valence-corrected chi connectivity index (χ1v) is 7.17. The zero-order valence-electron chi connectivity index (χ0n) is 12.7. The molecular formula is C17H21N3O. The summed E-state index contributed by atoms with van der Waals surface area (Å²) in [5.74, 6) is 0.367. The SMILES string of the molecule is C=C/C=C(\C=C/C)c1ccc(C(C)CC)c2nn(O)nc12. The lowest BCUT2D eigenvalue weighted by Crippen LogP contribution is -1.95. The van der Waals surface area contributed by atoms with E-state index in [0.29, 0.717) is 16.4 Å². The van der Waals surface area contributed by atoms with Gasteiger partial charge in [-0.3, -0.25) is 0 Å². The maximum atomic E-state index is 9.64. The van der Waals surface area contributed by atoms with Gasteiger partial charge in [0.15, 0.2) is 0 Å². The molecule has 1 heterocycles. The number of aromatic nitrogens is 3. The maximum Gasteiger partial charge on any atom is 0.125 e. The number of hydrogen-bond acceptors (Lipinski definition) is 3. The van der Waals surface area contributed by atoms with Crippen LogP contribution in [0.2, 0.25) is 0 Å². The van der Waals surface area contributed by atoms with Crippen LogP contribution in [0.5, 0.6) is 0 Å². The molecule has 2 aromatic rings. The van der Waals surface area contributed by atoms with Crippen molar-refractivity contribution < 1.29 is 5.21 Å². The zero-order valence-corrected chi connectivity index (χ0v) is 12.7. The molecule has 1 unspecified atom stereocenters. The number of fused-ring (bicyclic) bond motifs is 1. The Morgan fingerprint density at radius 1 is 1.38 bits per heavy atom. The number of rotatable bonds is 5. The topological polar surface area (TPSA) is 50.9 Å². The molecule has 0 aliphatic rings. The van der Waals surface area contributed by atoms with E-state index in [-0.39, 0.29) is 0 Å². The number of hydrogen-bond donors (Lipinski definition) is 1. The van der Waals surface area contributed by atoms with Crippen LogP contribution in [0.1, 0.15) is 44.2 Å². The quantitative estimate of drug-likeness (QED) is 0.656. The van der Waals surface area contributed by atoms with Crippen molar-refractivity contribution in [2.24, 2.45) is 0 Å². The Kier molecular flexibility index (Phi) is 4.58. The standard InChI is InChI=1S/C17H21N3O/c1-5-8-13(9-6-2)15-11-10-14(12(4)7-3)16-17(15)19-20(21)18-16/h5-6,8-12,21H,1,7H2,2-4H3/b9-6-,13-8+. The van der Waals surface area contributed by atoms with E-state index in [4.69, 9.17) is 0 Å². The van der Waals surface area contributed by atoms with Crippen molar-refractivity contribution in [2.45, 2.75) is 33.1 Å². The summed E-state index contributed by atoms with van der Waals surface area (Å²) in [7, 11) is 0. The minimum atomic E-state index is 0.367. The zero-order chi connectivity index (χ0) is 15.4. The molecule has 21 heavy (non-hydrogen) atoms. The molecule has 0 spiro atoms. The van der Waals surface area contributed by atoms with Crippen LogP contribution < -0.4 is 0 Å². The summed E-state index contributed by atoms with van der Waals surface area (Å²) in [6.45, 7) is 10.0. The van der Waals surface area contributed by atoms with Crippen molar-refractivity contribution >= 4 is 16.6 Å². The molecule has 110 valence electrons. The molecule has 0 aliphatic heterocycles. The second kappa shape index (κ2) is 6.39. The lowest BCUT2D eigenvalue weighted by atomic mass is 9.93. The first-order valence-electron chi connectivity index (χ1n) is 7.17. The highest BCUT2D eigenvalue weighted by Crippen LogP contribution is 2.31. The number of nitrogens with zero attached hydrogens (tertiary/aromatic N) is 3. The van der Waals surface area contributed by atoms with E-state index < -0.39 is 0 Å². The fourth-order valence-corrected chi connectivity index (χ4v) is 2.39. The summed E-state index contributed by atoms with van der Waals surface area (Å²) in [5.41, 5.74) is 4.50. The van der Waals surface area contributed by atoms with Gasteiger partial charge in [0.05, 0.1) is 0 Å². The molecule has 4 heteroatoms. The third-order valence-corrected chi connectivity index (χ3v) is 3.66. The Morgan fingerprint density at radius 3 is 2.71 bits per heavy atom. The average Bonchev–Trinajstić information content (AvgIpc) is 2.86. The normalized spacial score (nSPS) is 14.0. The van der Waals surface area contributed by atoms with Gasteiger partial charge in [-0.05, 0) is 35.4 Å².